The SMILES string of the molecule is CCCNC(c1ccccc1C(F)(F)F)C(C)CC. The first kappa shape index (κ1) is 16.0. The van der Waals surface area contributed by atoms with E-state index in [0.717, 1.165) is 19.4 Å². The fourth-order valence-electron chi connectivity index (χ4n) is 2.18. The highest BCUT2D eigenvalue weighted by molar-refractivity contribution is 5.32. The Hall–Kier alpha value is -1.03. The fourth-order valence-corrected chi connectivity index (χ4v) is 2.18. The van der Waals surface area contributed by atoms with E-state index in [1.54, 1.807) is 12.1 Å². The number of alkyl halides is 3. The predicted molar refractivity (Wildman–Crippen MR) is 71.9 cm³/mol. The zero-order chi connectivity index (χ0) is 14.5. The van der Waals surface area contributed by atoms with E-state index in [0.29, 0.717) is 5.56 Å². The Morgan fingerprint density at radius 1 is 1.16 bits per heavy atom. The van der Waals surface area contributed by atoms with Crippen molar-refractivity contribution in [2.75, 3.05) is 6.54 Å². The molecule has 0 aromatic heterocycles. The van der Waals surface area contributed by atoms with Gasteiger partial charge < -0.3 is 5.32 Å². The lowest BCUT2D eigenvalue weighted by atomic mass is 9.89. The van der Waals surface area contributed by atoms with Crippen molar-refractivity contribution in [3.05, 3.63) is 35.4 Å². The summed E-state index contributed by atoms with van der Waals surface area (Å²) >= 11 is 0. The van der Waals surface area contributed by atoms with Crippen molar-refractivity contribution in [1.29, 1.82) is 0 Å². The average Bonchev–Trinajstić information content (AvgIpc) is 2.38. The Balaban J connectivity index is 3.14. The second kappa shape index (κ2) is 6.94. The molecule has 2 atom stereocenters. The van der Waals surface area contributed by atoms with Gasteiger partial charge in [-0.25, -0.2) is 0 Å². The fraction of sp³-hybridized carbons (Fsp3) is 0.600. The van der Waals surface area contributed by atoms with Crippen LogP contribution in [0, 0.1) is 5.92 Å². The third kappa shape index (κ3) is 4.23. The summed E-state index contributed by atoms with van der Waals surface area (Å²) < 4.78 is 39.2. The maximum Gasteiger partial charge on any atom is 0.416 e. The maximum absolute atomic E-state index is 13.1. The number of benzene rings is 1. The van der Waals surface area contributed by atoms with Crippen LogP contribution < -0.4 is 5.32 Å². The van der Waals surface area contributed by atoms with Crippen molar-refractivity contribution >= 4 is 0 Å². The molecule has 1 rings (SSSR count). The third-order valence-corrected chi connectivity index (χ3v) is 3.43. The Morgan fingerprint density at radius 2 is 1.79 bits per heavy atom. The summed E-state index contributed by atoms with van der Waals surface area (Å²) in [6, 6.07) is 5.62. The first-order chi connectivity index (χ1) is 8.91. The minimum absolute atomic E-state index is 0.162. The molecule has 0 bridgehead atoms. The maximum atomic E-state index is 13.1. The summed E-state index contributed by atoms with van der Waals surface area (Å²) in [4.78, 5) is 0. The number of rotatable bonds is 6. The molecule has 0 aliphatic rings. The van der Waals surface area contributed by atoms with Crippen LogP contribution in [0.1, 0.15) is 50.8 Å². The molecule has 19 heavy (non-hydrogen) atoms. The van der Waals surface area contributed by atoms with E-state index in [1.807, 2.05) is 20.8 Å². The molecule has 0 radical (unpaired) electrons. The smallest absolute Gasteiger partial charge is 0.310 e. The van der Waals surface area contributed by atoms with Gasteiger partial charge in [-0.1, -0.05) is 45.4 Å². The molecule has 0 spiro atoms. The first-order valence-corrected chi connectivity index (χ1v) is 6.81. The number of hydrogen-bond donors (Lipinski definition) is 1. The van der Waals surface area contributed by atoms with Crippen molar-refractivity contribution in [2.24, 2.45) is 5.92 Å². The molecule has 1 N–H and O–H groups in total. The van der Waals surface area contributed by atoms with Crippen LogP contribution in [-0.4, -0.2) is 6.54 Å². The highest BCUT2D eigenvalue weighted by Crippen LogP contribution is 2.37. The van der Waals surface area contributed by atoms with Crippen molar-refractivity contribution in [2.45, 2.75) is 45.8 Å². The lowest BCUT2D eigenvalue weighted by molar-refractivity contribution is -0.138. The predicted octanol–water partition coefficient (Wildman–Crippen LogP) is 4.79. The standard InChI is InChI=1S/C15H22F3N/c1-4-10-19-14(11(3)5-2)12-8-6-7-9-13(12)15(16,17)18/h6-9,11,14,19H,4-5,10H2,1-3H3. The topological polar surface area (TPSA) is 12.0 Å². The van der Waals surface area contributed by atoms with Gasteiger partial charge in [-0.05, 0) is 30.5 Å². The molecular weight excluding hydrogens is 251 g/mol. The molecule has 0 heterocycles. The minimum Gasteiger partial charge on any atom is -0.310 e. The molecule has 2 unspecified atom stereocenters. The lowest BCUT2D eigenvalue weighted by Gasteiger charge is -2.27. The van der Waals surface area contributed by atoms with Crippen molar-refractivity contribution in [3.8, 4) is 0 Å². The minimum atomic E-state index is -4.30. The first-order valence-electron chi connectivity index (χ1n) is 6.81. The van der Waals surface area contributed by atoms with E-state index in [-0.39, 0.29) is 12.0 Å². The molecule has 1 aromatic carbocycles. The summed E-state index contributed by atoms with van der Waals surface area (Å²) in [5.41, 5.74) is -0.165. The summed E-state index contributed by atoms with van der Waals surface area (Å²) in [7, 11) is 0. The quantitative estimate of drug-likeness (QED) is 0.785. The van der Waals surface area contributed by atoms with Crippen molar-refractivity contribution < 1.29 is 13.2 Å². The van der Waals surface area contributed by atoms with Crippen LogP contribution in [0.3, 0.4) is 0 Å². The van der Waals surface area contributed by atoms with Gasteiger partial charge >= 0.3 is 6.18 Å². The van der Waals surface area contributed by atoms with Gasteiger partial charge in [0.1, 0.15) is 0 Å². The van der Waals surface area contributed by atoms with Crippen LogP contribution >= 0.6 is 0 Å². The summed E-state index contributed by atoms with van der Waals surface area (Å²) in [5, 5.41) is 3.25. The van der Waals surface area contributed by atoms with E-state index in [9.17, 15) is 13.2 Å². The van der Waals surface area contributed by atoms with Crippen LogP contribution in [0.15, 0.2) is 24.3 Å². The van der Waals surface area contributed by atoms with Crippen LogP contribution in [-0.2, 0) is 6.18 Å². The van der Waals surface area contributed by atoms with E-state index in [2.05, 4.69) is 5.32 Å². The average molecular weight is 273 g/mol. The number of nitrogens with one attached hydrogen (secondary N) is 1. The second-order valence-electron chi connectivity index (χ2n) is 4.90. The van der Waals surface area contributed by atoms with E-state index in [4.69, 9.17) is 0 Å². The molecule has 0 saturated carbocycles. The molecule has 1 nitrogen and oxygen atoms in total. The van der Waals surface area contributed by atoms with Gasteiger partial charge in [0.25, 0.3) is 0 Å². The molecule has 0 amide bonds. The van der Waals surface area contributed by atoms with Gasteiger partial charge in [-0.15, -0.1) is 0 Å². The molecule has 0 aliphatic carbocycles. The molecule has 0 saturated heterocycles. The highest BCUT2D eigenvalue weighted by atomic mass is 19.4. The summed E-state index contributed by atoms with van der Waals surface area (Å²) in [6.45, 7) is 6.72. The normalized spacial score (nSPS) is 15.3. The Bertz CT molecular complexity index is 387. The number of halogens is 3. The Morgan fingerprint density at radius 3 is 2.32 bits per heavy atom. The lowest BCUT2D eigenvalue weighted by Crippen LogP contribution is -2.29. The van der Waals surface area contributed by atoms with Crippen LogP contribution in [0.4, 0.5) is 13.2 Å². The Labute approximate surface area is 113 Å². The zero-order valence-electron chi connectivity index (χ0n) is 11.7. The molecular formula is C15H22F3N. The van der Waals surface area contributed by atoms with Gasteiger partial charge in [0, 0.05) is 6.04 Å². The van der Waals surface area contributed by atoms with Crippen LogP contribution in [0.5, 0.6) is 0 Å². The molecule has 0 fully saturated rings. The Kier molecular flexibility index (Phi) is 5.85. The zero-order valence-corrected chi connectivity index (χ0v) is 11.7. The van der Waals surface area contributed by atoms with Gasteiger partial charge in [0.2, 0.25) is 0 Å². The molecule has 108 valence electrons. The second-order valence-corrected chi connectivity index (χ2v) is 4.90. The van der Waals surface area contributed by atoms with Gasteiger partial charge in [-0.2, -0.15) is 13.2 Å². The van der Waals surface area contributed by atoms with Gasteiger partial charge in [-0.3, -0.25) is 0 Å². The van der Waals surface area contributed by atoms with E-state index in [1.165, 1.54) is 12.1 Å². The van der Waals surface area contributed by atoms with Crippen LogP contribution in [0.2, 0.25) is 0 Å². The largest absolute Gasteiger partial charge is 0.416 e. The molecule has 4 heteroatoms. The van der Waals surface area contributed by atoms with Crippen molar-refractivity contribution in [3.63, 3.8) is 0 Å². The van der Waals surface area contributed by atoms with E-state index < -0.39 is 11.7 Å². The summed E-state index contributed by atoms with van der Waals surface area (Å²) in [5.74, 6) is 0.162. The number of hydrogen-bond acceptors (Lipinski definition) is 1. The van der Waals surface area contributed by atoms with Crippen LogP contribution in [0.25, 0.3) is 0 Å². The molecule has 0 aliphatic heterocycles. The van der Waals surface area contributed by atoms with Gasteiger partial charge in [0.15, 0.2) is 0 Å². The van der Waals surface area contributed by atoms with Crippen molar-refractivity contribution in [1.82, 2.24) is 5.32 Å². The summed E-state index contributed by atoms with van der Waals surface area (Å²) in [6.07, 6.45) is -2.55. The third-order valence-electron chi connectivity index (χ3n) is 3.43. The monoisotopic (exact) mass is 273 g/mol. The van der Waals surface area contributed by atoms with Gasteiger partial charge in [0.05, 0.1) is 5.56 Å². The molecule has 1 aromatic rings. The highest BCUT2D eigenvalue weighted by Gasteiger charge is 2.35. The van der Waals surface area contributed by atoms with E-state index >= 15 is 0 Å².